The Morgan fingerprint density at radius 1 is 0.971 bits per heavy atom. The third kappa shape index (κ3) is 6.15. The number of nitrogens with one attached hydrogen (secondary N) is 1. The zero-order chi connectivity index (χ0) is 24.0. The average Bonchev–Trinajstić information content (AvgIpc) is 2.88. The number of morpholine rings is 1. The molecule has 0 radical (unpaired) electrons. The minimum atomic E-state index is -3.80. The molecule has 0 spiro atoms. The Morgan fingerprint density at radius 3 is 2.32 bits per heavy atom. The highest BCUT2D eigenvalue weighted by Crippen LogP contribution is 2.25. The van der Waals surface area contributed by atoms with E-state index in [9.17, 15) is 13.2 Å². The molecular weight excluding hydrogens is 454 g/mol. The van der Waals surface area contributed by atoms with E-state index in [1.165, 1.54) is 24.8 Å². The molecule has 9 heteroatoms. The molecule has 8 nitrogen and oxygen atoms in total. The summed E-state index contributed by atoms with van der Waals surface area (Å²) in [6.45, 7) is 5.75. The molecule has 2 heterocycles. The van der Waals surface area contributed by atoms with Gasteiger partial charge in [0, 0.05) is 39.3 Å². The minimum Gasteiger partial charge on any atom is -0.496 e. The van der Waals surface area contributed by atoms with Crippen LogP contribution in [0.1, 0.15) is 40.7 Å². The predicted octanol–water partition coefficient (Wildman–Crippen LogP) is 2.63. The van der Waals surface area contributed by atoms with Gasteiger partial charge in [0.1, 0.15) is 5.75 Å². The van der Waals surface area contributed by atoms with Crippen LogP contribution in [0.5, 0.6) is 5.75 Å². The maximum absolute atomic E-state index is 13.0. The molecule has 2 aliphatic heterocycles. The summed E-state index contributed by atoms with van der Waals surface area (Å²) in [5.74, 6) is 0.190. The van der Waals surface area contributed by atoms with Crippen molar-refractivity contribution in [3.05, 3.63) is 59.2 Å². The quantitative estimate of drug-likeness (QED) is 0.616. The van der Waals surface area contributed by atoms with Crippen molar-refractivity contribution in [3.8, 4) is 5.75 Å². The third-order valence-electron chi connectivity index (χ3n) is 6.35. The van der Waals surface area contributed by atoms with E-state index in [1.807, 2.05) is 24.3 Å². The molecule has 0 atom stereocenters. The summed E-state index contributed by atoms with van der Waals surface area (Å²) in [6.07, 6.45) is 3.02. The number of hydrogen-bond donors (Lipinski definition) is 1. The number of amides is 1. The molecule has 0 aliphatic carbocycles. The molecule has 1 N–H and O–H groups in total. The first-order valence-electron chi connectivity index (χ1n) is 11.8. The van der Waals surface area contributed by atoms with Crippen LogP contribution in [0.3, 0.4) is 0 Å². The number of hydrogen-bond acceptors (Lipinski definition) is 6. The van der Waals surface area contributed by atoms with Crippen molar-refractivity contribution in [2.45, 2.75) is 37.2 Å². The number of nitrogens with zero attached hydrogens (tertiary/aromatic N) is 2. The molecule has 0 bridgehead atoms. The normalized spacial score (nSPS) is 17.5. The Morgan fingerprint density at radius 2 is 1.65 bits per heavy atom. The average molecular weight is 488 g/mol. The van der Waals surface area contributed by atoms with Crippen LogP contribution in [0.4, 0.5) is 0 Å². The minimum absolute atomic E-state index is 0.0533. The van der Waals surface area contributed by atoms with E-state index in [-0.39, 0.29) is 22.9 Å². The summed E-state index contributed by atoms with van der Waals surface area (Å²) in [6, 6.07) is 12.4. The van der Waals surface area contributed by atoms with Gasteiger partial charge in [0.15, 0.2) is 0 Å². The van der Waals surface area contributed by atoms with Crippen LogP contribution in [0.15, 0.2) is 47.4 Å². The summed E-state index contributed by atoms with van der Waals surface area (Å²) in [5, 5.41) is 0. The molecule has 184 valence electrons. The zero-order valence-electron chi connectivity index (χ0n) is 19.7. The number of ether oxygens (including phenoxy) is 2. The van der Waals surface area contributed by atoms with Crippen LogP contribution in [-0.2, 0) is 27.8 Å². The standard InChI is InChI=1S/C25H33N3O5S/c1-32-24-10-9-22(17-23(24)25(29)28-11-3-2-4-12-28)34(30,31)26-18-20-5-7-21(8-6-20)19-27-13-15-33-16-14-27/h5-10,17,26H,2-4,11-16,18-19H2,1H3. The highest BCUT2D eigenvalue weighted by atomic mass is 32.2. The van der Waals surface area contributed by atoms with Crippen LogP contribution >= 0.6 is 0 Å². The van der Waals surface area contributed by atoms with Crippen molar-refractivity contribution >= 4 is 15.9 Å². The van der Waals surface area contributed by atoms with Gasteiger partial charge in [0.25, 0.3) is 5.91 Å². The van der Waals surface area contributed by atoms with Gasteiger partial charge in [-0.25, -0.2) is 13.1 Å². The lowest BCUT2D eigenvalue weighted by atomic mass is 10.1. The Labute approximate surface area is 201 Å². The molecule has 2 aliphatic rings. The number of carbonyl (C=O) groups is 1. The van der Waals surface area contributed by atoms with E-state index in [0.29, 0.717) is 18.8 Å². The monoisotopic (exact) mass is 487 g/mol. The molecule has 0 aromatic heterocycles. The van der Waals surface area contributed by atoms with Crippen molar-refractivity contribution < 1.29 is 22.7 Å². The van der Waals surface area contributed by atoms with Crippen LogP contribution in [0.25, 0.3) is 0 Å². The van der Waals surface area contributed by atoms with Gasteiger partial charge in [-0.05, 0) is 48.6 Å². The van der Waals surface area contributed by atoms with Crippen molar-refractivity contribution in [3.63, 3.8) is 0 Å². The Hall–Kier alpha value is -2.46. The smallest absolute Gasteiger partial charge is 0.257 e. The molecule has 2 aromatic rings. The van der Waals surface area contributed by atoms with Gasteiger partial charge < -0.3 is 14.4 Å². The fourth-order valence-corrected chi connectivity index (χ4v) is 5.37. The van der Waals surface area contributed by atoms with E-state index in [0.717, 1.165) is 57.7 Å². The van der Waals surface area contributed by atoms with Crippen LogP contribution < -0.4 is 9.46 Å². The first kappa shape index (κ1) is 24.7. The number of likely N-dealkylation sites (tertiary alicyclic amines) is 1. The summed E-state index contributed by atoms with van der Waals surface area (Å²) in [5.41, 5.74) is 2.33. The molecule has 2 fully saturated rings. The van der Waals surface area contributed by atoms with Crippen LogP contribution in [-0.4, -0.2) is 70.6 Å². The summed E-state index contributed by atoms with van der Waals surface area (Å²) < 4.78 is 39.4. The maximum atomic E-state index is 13.0. The Bertz CT molecular complexity index is 1080. The van der Waals surface area contributed by atoms with Crippen molar-refractivity contribution in [2.24, 2.45) is 0 Å². The lowest BCUT2D eigenvalue weighted by Gasteiger charge is -2.27. The lowest BCUT2D eigenvalue weighted by molar-refractivity contribution is 0.0342. The van der Waals surface area contributed by atoms with Gasteiger partial charge in [0.05, 0.1) is 30.8 Å². The number of carbonyl (C=O) groups excluding carboxylic acids is 1. The van der Waals surface area contributed by atoms with Crippen molar-refractivity contribution in [1.29, 1.82) is 0 Å². The van der Waals surface area contributed by atoms with E-state index >= 15 is 0 Å². The molecule has 0 saturated carbocycles. The topological polar surface area (TPSA) is 88.2 Å². The lowest BCUT2D eigenvalue weighted by Crippen LogP contribution is -2.36. The number of rotatable bonds is 8. The van der Waals surface area contributed by atoms with Crippen LogP contribution in [0.2, 0.25) is 0 Å². The van der Waals surface area contributed by atoms with Gasteiger partial charge in [-0.15, -0.1) is 0 Å². The molecule has 1 amide bonds. The number of sulfonamides is 1. The van der Waals surface area contributed by atoms with Gasteiger partial charge in [-0.1, -0.05) is 24.3 Å². The SMILES string of the molecule is COc1ccc(S(=O)(=O)NCc2ccc(CN3CCOCC3)cc2)cc1C(=O)N1CCCCC1. The largest absolute Gasteiger partial charge is 0.496 e. The first-order valence-corrected chi connectivity index (χ1v) is 13.3. The van der Waals surface area contributed by atoms with Gasteiger partial charge in [-0.3, -0.25) is 9.69 Å². The maximum Gasteiger partial charge on any atom is 0.257 e. The van der Waals surface area contributed by atoms with E-state index in [4.69, 9.17) is 9.47 Å². The van der Waals surface area contributed by atoms with Gasteiger partial charge in [0.2, 0.25) is 10.0 Å². The van der Waals surface area contributed by atoms with Crippen molar-refractivity contribution in [1.82, 2.24) is 14.5 Å². The fourth-order valence-electron chi connectivity index (χ4n) is 4.33. The second-order valence-electron chi connectivity index (χ2n) is 8.74. The third-order valence-corrected chi connectivity index (χ3v) is 7.75. The number of piperidine rings is 1. The second-order valence-corrected chi connectivity index (χ2v) is 10.5. The fraction of sp³-hybridized carbons (Fsp3) is 0.480. The van der Waals surface area contributed by atoms with Crippen molar-refractivity contribution in [2.75, 3.05) is 46.5 Å². The first-order chi connectivity index (χ1) is 16.5. The molecule has 2 aromatic carbocycles. The summed E-state index contributed by atoms with van der Waals surface area (Å²) in [7, 11) is -2.32. The Kier molecular flexibility index (Phi) is 8.20. The molecule has 34 heavy (non-hydrogen) atoms. The molecular formula is C25H33N3O5S. The zero-order valence-corrected chi connectivity index (χ0v) is 20.5. The summed E-state index contributed by atoms with van der Waals surface area (Å²) >= 11 is 0. The van der Waals surface area contributed by atoms with E-state index < -0.39 is 10.0 Å². The van der Waals surface area contributed by atoms with Gasteiger partial charge >= 0.3 is 0 Å². The number of methoxy groups -OCH3 is 1. The highest BCUT2D eigenvalue weighted by Gasteiger charge is 2.24. The van der Waals surface area contributed by atoms with Crippen LogP contribution in [0, 0.1) is 0 Å². The van der Waals surface area contributed by atoms with E-state index in [2.05, 4.69) is 9.62 Å². The van der Waals surface area contributed by atoms with Gasteiger partial charge in [-0.2, -0.15) is 0 Å². The summed E-state index contributed by atoms with van der Waals surface area (Å²) in [4.78, 5) is 17.2. The molecule has 2 saturated heterocycles. The second kappa shape index (κ2) is 11.3. The number of benzene rings is 2. The molecule has 4 rings (SSSR count). The predicted molar refractivity (Wildman–Crippen MR) is 129 cm³/mol. The molecule has 0 unspecified atom stereocenters. The van der Waals surface area contributed by atoms with E-state index in [1.54, 1.807) is 11.0 Å². The Balaban J connectivity index is 1.42. The highest BCUT2D eigenvalue weighted by molar-refractivity contribution is 7.89.